The van der Waals surface area contributed by atoms with Crippen LogP contribution in [0, 0.1) is 11.9 Å². The minimum atomic E-state index is -0.513. The molecule has 0 radical (unpaired) electrons. The van der Waals surface area contributed by atoms with Gasteiger partial charge < -0.3 is 20.9 Å². The molecule has 2 fully saturated rings. The van der Waals surface area contributed by atoms with E-state index in [1.165, 1.54) is 24.5 Å². The summed E-state index contributed by atoms with van der Waals surface area (Å²) in [5.41, 5.74) is 11.2. The number of ether oxygens (including phenoxy) is 2. The molecule has 0 aromatic carbocycles. The molecule has 2 aliphatic carbocycles. The molecule has 6 nitrogen and oxygen atoms in total. The zero-order chi connectivity index (χ0) is 18.5. The lowest BCUT2D eigenvalue weighted by Crippen LogP contribution is -2.43. The zero-order valence-corrected chi connectivity index (χ0v) is 19.1. The van der Waals surface area contributed by atoms with Crippen molar-refractivity contribution in [3.63, 3.8) is 0 Å². The van der Waals surface area contributed by atoms with Gasteiger partial charge in [-0.15, -0.1) is 49.6 Å². The number of nitrogens with two attached hydrogens (primary N) is 2. The van der Waals surface area contributed by atoms with Gasteiger partial charge in [0.2, 0.25) is 11.9 Å². The molecule has 12 heteroatoms. The third kappa shape index (κ3) is 9.76. The Morgan fingerprint density at radius 2 is 1.03 bits per heavy atom. The molecule has 4 N–H and O–H groups in total. The molecule has 0 spiro atoms. The number of nitrogens with zero attached hydrogens (tertiary/aromatic N) is 2. The van der Waals surface area contributed by atoms with E-state index in [-0.39, 0.29) is 73.9 Å². The number of aromatic nitrogens is 2. The maximum Gasteiger partial charge on any atom is 0.216 e. The molecule has 30 heavy (non-hydrogen) atoms. The van der Waals surface area contributed by atoms with Crippen molar-refractivity contribution in [3.05, 3.63) is 48.6 Å². The molecule has 2 aromatic heterocycles. The predicted octanol–water partition coefficient (Wildman–Crippen LogP) is 3.87. The van der Waals surface area contributed by atoms with Gasteiger partial charge in [-0.1, -0.05) is 0 Å². The summed E-state index contributed by atoms with van der Waals surface area (Å²) in [4.78, 5) is 6.87. The molecule has 0 saturated heterocycles. The second-order valence-corrected chi connectivity index (χ2v) is 6.57. The normalized spacial score (nSPS) is 23.1. The standard InChI is InChI=1S/2C9H11FN2O.4ClH/c2*10-9-5-7(1-2-12-9)13-8-3-6(11)4-8;;;;/h2*1-2,5-6,8H,3-4,11H2;4*1H. The van der Waals surface area contributed by atoms with Crippen molar-refractivity contribution in [2.75, 3.05) is 0 Å². The molecule has 2 heterocycles. The zero-order valence-electron chi connectivity index (χ0n) is 15.9. The molecule has 2 aliphatic rings. The molecule has 0 unspecified atom stereocenters. The van der Waals surface area contributed by atoms with E-state index in [2.05, 4.69) is 9.97 Å². The number of rotatable bonds is 4. The molecule has 0 amide bonds. The maximum atomic E-state index is 12.6. The first kappa shape index (κ1) is 31.0. The fraction of sp³-hybridized carbons (Fsp3) is 0.444. The minimum absolute atomic E-state index is 0. The monoisotopic (exact) mass is 508 g/mol. The van der Waals surface area contributed by atoms with Crippen LogP contribution in [0.1, 0.15) is 25.7 Å². The van der Waals surface area contributed by atoms with Gasteiger partial charge in [0.1, 0.15) is 23.7 Å². The van der Waals surface area contributed by atoms with Crippen molar-refractivity contribution in [3.8, 4) is 11.5 Å². The van der Waals surface area contributed by atoms with Crippen LogP contribution in [0.25, 0.3) is 0 Å². The van der Waals surface area contributed by atoms with Gasteiger partial charge in [-0.2, -0.15) is 8.78 Å². The fourth-order valence-electron chi connectivity index (χ4n) is 2.71. The topological polar surface area (TPSA) is 96.3 Å². The molecule has 2 saturated carbocycles. The van der Waals surface area contributed by atoms with E-state index in [0.717, 1.165) is 25.7 Å². The Balaban J connectivity index is 0. The van der Waals surface area contributed by atoms with E-state index in [9.17, 15) is 8.78 Å². The van der Waals surface area contributed by atoms with Crippen molar-refractivity contribution >= 4 is 49.6 Å². The number of halogens is 6. The highest BCUT2D eigenvalue weighted by molar-refractivity contribution is 5.86. The first-order valence-corrected chi connectivity index (χ1v) is 8.55. The van der Waals surface area contributed by atoms with Crippen molar-refractivity contribution in [2.45, 2.75) is 50.0 Å². The Kier molecular flexibility index (Phi) is 15.3. The summed E-state index contributed by atoms with van der Waals surface area (Å²) in [6.07, 6.45) is 6.49. The van der Waals surface area contributed by atoms with Crippen LogP contribution in [-0.4, -0.2) is 34.3 Å². The van der Waals surface area contributed by atoms with Crippen LogP contribution >= 0.6 is 49.6 Å². The Bertz CT molecular complexity index is 677. The van der Waals surface area contributed by atoms with Crippen LogP contribution in [0.2, 0.25) is 0 Å². The predicted molar refractivity (Wildman–Crippen MR) is 121 cm³/mol. The van der Waals surface area contributed by atoms with E-state index < -0.39 is 11.9 Å². The summed E-state index contributed by atoms with van der Waals surface area (Å²) in [5.74, 6) is 0.0380. The SMILES string of the molecule is Cl.Cl.Cl.Cl.NC1CC(Oc2ccnc(F)c2)C1.NC1CC(Oc2ccnc(F)c2)C1. The molecule has 0 bridgehead atoms. The molecular formula is C18H26Cl4F2N4O2. The Labute approximate surface area is 199 Å². The van der Waals surface area contributed by atoms with Crippen LogP contribution in [-0.2, 0) is 0 Å². The lowest BCUT2D eigenvalue weighted by molar-refractivity contribution is 0.100. The van der Waals surface area contributed by atoms with Crippen molar-refractivity contribution in [1.29, 1.82) is 0 Å². The highest BCUT2D eigenvalue weighted by Gasteiger charge is 2.28. The van der Waals surface area contributed by atoms with E-state index in [1.807, 2.05) is 0 Å². The minimum Gasteiger partial charge on any atom is -0.490 e. The van der Waals surface area contributed by atoms with Gasteiger partial charge in [0, 0.05) is 36.6 Å². The van der Waals surface area contributed by atoms with Gasteiger partial charge in [-0.3, -0.25) is 0 Å². The second-order valence-electron chi connectivity index (χ2n) is 6.57. The maximum absolute atomic E-state index is 12.6. The Morgan fingerprint density at radius 3 is 1.30 bits per heavy atom. The lowest BCUT2D eigenvalue weighted by atomic mass is 9.90. The number of hydrogen-bond acceptors (Lipinski definition) is 6. The van der Waals surface area contributed by atoms with Gasteiger partial charge in [0.25, 0.3) is 0 Å². The van der Waals surface area contributed by atoms with Gasteiger partial charge in [0.15, 0.2) is 0 Å². The molecule has 2 aromatic rings. The fourth-order valence-corrected chi connectivity index (χ4v) is 2.71. The van der Waals surface area contributed by atoms with Gasteiger partial charge >= 0.3 is 0 Å². The van der Waals surface area contributed by atoms with Crippen LogP contribution in [0.5, 0.6) is 11.5 Å². The second kappa shape index (κ2) is 14.8. The first-order valence-electron chi connectivity index (χ1n) is 8.55. The van der Waals surface area contributed by atoms with Gasteiger partial charge in [-0.25, -0.2) is 9.97 Å². The van der Waals surface area contributed by atoms with Crippen molar-refractivity contribution < 1.29 is 18.3 Å². The molecule has 172 valence electrons. The van der Waals surface area contributed by atoms with E-state index >= 15 is 0 Å². The van der Waals surface area contributed by atoms with E-state index in [1.54, 1.807) is 12.1 Å². The third-order valence-corrected chi connectivity index (χ3v) is 4.26. The van der Waals surface area contributed by atoms with Crippen molar-refractivity contribution in [1.82, 2.24) is 9.97 Å². The molecular weight excluding hydrogens is 484 g/mol. The Morgan fingerprint density at radius 1 is 0.700 bits per heavy atom. The van der Waals surface area contributed by atoms with Gasteiger partial charge in [-0.05, 0) is 37.8 Å². The average Bonchev–Trinajstić information content (AvgIpc) is 2.53. The first-order chi connectivity index (χ1) is 12.5. The van der Waals surface area contributed by atoms with Crippen LogP contribution in [0.15, 0.2) is 36.7 Å². The van der Waals surface area contributed by atoms with E-state index in [0.29, 0.717) is 11.5 Å². The number of hydrogen-bond donors (Lipinski definition) is 2. The molecule has 0 atom stereocenters. The summed E-state index contributed by atoms with van der Waals surface area (Å²) < 4.78 is 36.1. The third-order valence-electron chi connectivity index (χ3n) is 4.26. The average molecular weight is 510 g/mol. The summed E-state index contributed by atoms with van der Waals surface area (Å²) in [5, 5.41) is 0. The van der Waals surface area contributed by atoms with Crippen LogP contribution in [0.3, 0.4) is 0 Å². The van der Waals surface area contributed by atoms with Crippen LogP contribution in [0.4, 0.5) is 8.78 Å². The summed E-state index contributed by atoms with van der Waals surface area (Å²) in [6.45, 7) is 0. The highest BCUT2D eigenvalue weighted by atomic mass is 35.5. The molecule has 0 aliphatic heterocycles. The van der Waals surface area contributed by atoms with Crippen molar-refractivity contribution in [2.24, 2.45) is 11.5 Å². The van der Waals surface area contributed by atoms with E-state index in [4.69, 9.17) is 20.9 Å². The largest absolute Gasteiger partial charge is 0.490 e. The lowest BCUT2D eigenvalue weighted by Gasteiger charge is -2.32. The highest BCUT2D eigenvalue weighted by Crippen LogP contribution is 2.25. The molecule has 4 rings (SSSR count). The number of pyridine rings is 2. The summed E-state index contributed by atoms with van der Waals surface area (Å²) in [6, 6.07) is 6.35. The summed E-state index contributed by atoms with van der Waals surface area (Å²) >= 11 is 0. The smallest absolute Gasteiger partial charge is 0.216 e. The van der Waals surface area contributed by atoms with Gasteiger partial charge in [0.05, 0.1) is 0 Å². The van der Waals surface area contributed by atoms with Crippen LogP contribution < -0.4 is 20.9 Å². The Hall–Kier alpha value is -1.16. The summed E-state index contributed by atoms with van der Waals surface area (Å²) in [7, 11) is 0. The quantitative estimate of drug-likeness (QED) is 0.607.